The standard InChI is InChI=1S/C37H46N4O10S/c1-3-30(10-9-19-38-29-51-37(43)50-27-26-49-25-24-48-23-22-47-21-20-46-2)28-39-36(42)40-32-15-17-33(18-16-32)41-52(44,45)35-14-8-7-13-34(35)31-11-5-4-6-12-31/h3-19,41H,20-29H2,1-2H3,(H2,39,40,42)/b10-9-,30-3+,38-19+. The number of hydrogen-bond donors (Lipinski definition) is 3. The molecule has 280 valence electrons. The Morgan fingerprint density at radius 2 is 1.37 bits per heavy atom. The van der Waals surface area contributed by atoms with Crippen LogP contribution in [0, 0.1) is 0 Å². The number of sulfonamides is 1. The van der Waals surface area contributed by atoms with Gasteiger partial charge in [-0.25, -0.2) is 18.0 Å². The van der Waals surface area contributed by atoms with E-state index in [4.69, 9.17) is 28.4 Å². The second kappa shape index (κ2) is 24.2. The third-order valence-corrected chi connectivity index (χ3v) is 8.30. The van der Waals surface area contributed by atoms with Crippen LogP contribution in [-0.4, -0.2) is 100 Å². The molecule has 3 N–H and O–H groups in total. The minimum absolute atomic E-state index is 0.0334. The highest BCUT2D eigenvalue weighted by Gasteiger charge is 2.19. The molecule has 52 heavy (non-hydrogen) atoms. The minimum Gasteiger partial charge on any atom is -0.432 e. The maximum atomic E-state index is 13.2. The van der Waals surface area contributed by atoms with Gasteiger partial charge in [-0.1, -0.05) is 60.7 Å². The number of carbonyl (C=O) groups is 2. The molecule has 0 bridgehead atoms. The maximum Gasteiger partial charge on any atom is 0.510 e. The number of nitrogens with one attached hydrogen (secondary N) is 3. The van der Waals surface area contributed by atoms with Gasteiger partial charge in [-0.05, 0) is 54.5 Å². The number of anilines is 2. The fraction of sp³-hybridized carbons (Fsp3) is 0.324. The number of rotatable bonds is 23. The number of ether oxygens (including phenoxy) is 6. The highest BCUT2D eigenvalue weighted by molar-refractivity contribution is 7.92. The van der Waals surface area contributed by atoms with Gasteiger partial charge in [0.15, 0.2) is 6.73 Å². The zero-order valence-electron chi connectivity index (χ0n) is 29.3. The van der Waals surface area contributed by atoms with Crippen molar-refractivity contribution >= 4 is 39.8 Å². The van der Waals surface area contributed by atoms with Crippen LogP contribution in [0.5, 0.6) is 0 Å². The topological polar surface area (TPSA) is 172 Å². The van der Waals surface area contributed by atoms with Crippen molar-refractivity contribution in [2.24, 2.45) is 4.99 Å². The zero-order chi connectivity index (χ0) is 37.3. The molecular weight excluding hydrogens is 692 g/mol. The third kappa shape index (κ3) is 16.3. The Morgan fingerprint density at radius 3 is 2.04 bits per heavy atom. The summed E-state index contributed by atoms with van der Waals surface area (Å²) in [5.74, 6) is 0. The zero-order valence-corrected chi connectivity index (χ0v) is 30.1. The summed E-state index contributed by atoms with van der Waals surface area (Å²) in [4.78, 5) is 28.3. The van der Waals surface area contributed by atoms with Crippen LogP contribution in [0.15, 0.2) is 113 Å². The summed E-state index contributed by atoms with van der Waals surface area (Å²) in [6.07, 6.45) is 5.80. The Morgan fingerprint density at radius 1 is 0.750 bits per heavy atom. The summed E-state index contributed by atoms with van der Waals surface area (Å²) in [6, 6.07) is 22.0. The molecule has 0 aliphatic rings. The summed E-state index contributed by atoms with van der Waals surface area (Å²) in [6.45, 7) is 4.82. The van der Waals surface area contributed by atoms with E-state index in [1.807, 2.05) is 43.3 Å². The smallest absolute Gasteiger partial charge is 0.432 e. The first kappa shape index (κ1) is 41.4. The Kier molecular flexibility index (Phi) is 19.2. The number of nitrogens with zero attached hydrogens (tertiary/aromatic N) is 1. The van der Waals surface area contributed by atoms with Gasteiger partial charge >= 0.3 is 12.2 Å². The number of methoxy groups -OCH3 is 1. The lowest BCUT2D eigenvalue weighted by atomic mass is 10.1. The first-order valence-corrected chi connectivity index (χ1v) is 18.0. The lowest BCUT2D eigenvalue weighted by Gasteiger charge is -2.13. The average molecular weight is 739 g/mol. The van der Waals surface area contributed by atoms with Crippen LogP contribution in [0.25, 0.3) is 11.1 Å². The largest absolute Gasteiger partial charge is 0.510 e. The van der Waals surface area contributed by atoms with Crippen LogP contribution in [0.4, 0.5) is 21.0 Å². The molecule has 0 aliphatic heterocycles. The lowest BCUT2D eigenvalue weighted by Crippen LogP contribution is -2.30. The molecule has 14 nitrogen and oxygen atoms in total. The first-order valence-electron chi connectivity index (χ1n) is 16.5. The van der Waals surface area contributed by atoms with Gasteiger partial charge in [-0.2, -0.15) is 0 Å². The third-order valence-electron chi connectivity index (χ3n) is 6.86. The van der Waals surface area contributed by atoms with Crippen LogP contribution in [0.2, 0.25) is 0 Å². The minimum atomic E-state index is -3.89. The van der Waals surface area contributed by atoms with Gasteiger partial charge in [0.05, 0.1) is 51.1 Å². The molecule has 0 saturated heterocycles. The summed E-state index contributed by atoms with van der Waals surface area (Å²) in [5.41, 5.74) is 2.99. The van der Waals surface area contributed by atoms with Crippen LogP contribution in [-0.2, 0) is 38.4 Å². The molecule has 3 aromatic rings. The van der Waals surface area contributed by atoms with Gasteiger partial charge in [-0.15, -0.1) is 0 Å². The Bertz CT molecular complexity index is 1700. The molecule has 0 saturated carbocycles. The van der Waals surface area contributed by atoms with Crippen LogP contribution < -0.4 is 15.4 Å². The number of hydrogen-bond acceptors (Lipinski definition) is 11. The van der Waals surface area contributed by atoms with E-state index in [2.05, 4.69) is 20.3 Å². The number of urea groups is 1. The van der Waals surface area contributed by atoms with E-state index >= 15 is 0 Å². The van der Waals surface area contributed by atoms with E-state index in [0.717, 1.165) is 11.1 Å². The number of aliphatic imine (C=N–C) groups is 1. The van der Waals surface area contributed by atoms with Crippen molar-refractivity contribution in [2.45, 2.75) is 11.8 Å². The van der Waals surface area contributed by atoms with Gasteiger partial charge in [0.25, 0.3) is 10.0 Å². The van der Waals surface area contributed by atoms with Gasteiger partial charge < -0.3 is 39.1 Å². The second-order valence-corrected chi connectivity index (χ2v) is 12.3. The molecule has 2 amide bonds. The number of allylic oxidation sites excluding steroid dienone is 2. The van der Waals surface area contributed by atoms with E-state index in [9.17, 15) is 18.0 Å². The first-order chi connectivity index (χ1) is 25.3. The van der Waals surface area contributed by atoms with E-state index in [1.165, 1.54) is 6.21 Å². The SMILES string of the molecule is C\C=C(/C=C\C=N\COC(=O)OCCOCCOCCOCCOC)CNC(=O)Nc1ccc(NS(=O)(=O)c2ccccc2-c2ccccc2)cc1. The molecule has 3 rings (SSSR count). The van der Waals surface area contributed by atoms with Crippen molar-refractivity contribution in [1.82, 2.24) is 5.32 Å². The summed E-state index contributed by atoms with van der Waals surface area (Å²) in [5, 5.41) is 5.48. The van der Waals surface area contributed by atoms with Crippen molar-refractivity contribution in [2.75, 3.05) is 83.3 Å². The predicted octanol–water partition coefficient (Wildman–Crippen LogP) is 5.66. The molecule has 0 fully saturated rings. The van der Waals surface area contributed by atoms with E-state index in [-0.39, 0.29) is 31.4 Å². The Labute approximate surface area is 304 Å². The molecule has 0 aromatic heterocycles. The van der Waals surface area contributed by atoms with E-state index < -0.39 is 22.2 Å². The summed E-state index contributed by atoms with van der Waals surface area (Å²) < 4.78 is 59.7. The van der Waals surface area contributed by atoms with Gasteiger partial charge in [0, 0.05) is 36.8 Å². The molecule has 0 atom stereocenters. The number of benzene rings is 3. The average Bonchev–Trinajstić information content (AvgIpc) is 3.15. The Balaban J connectivity index is 1.29. The van der Waals surface area contributed by atoms with Crippen molar-refractivity contribution < 1.29 is 46.4 Å². The molecule has 3 aromatic carbocycles. The van der Waals surface area contributed by atoms with Gasteiger partial charge in [-0.3, -0.25) is 9.71 Å². The summed E-state index contributed by atoms with van der Waals surface area (Å²) in [7, 11) is -2.28. The lowest BCUT2D eigenvalue weighted by molar-refractivity contribution is -0.00807. The monoisotopic (exact) mass is 738 g/mol. The van der Waals surface area contributed by atoms with E-state index in [0.29, 0.717) is 56.6 Å². The van der Waals surface area contributed by atoms with E-state index in [1.54, 1.807) is 67.8 Å². The molecular formula is C37H46N4O10S. The molecule has 0 radical (unpaired) electrons. The molecule has 0 aliphatic carbocycles. The Hall–Kier alpha value is -5.06. The molecule has 0 spiro atoms. The molecule has 0 unspecified atom stereocenters. The van der Waals surface area contributed by atoms with Crippen LogP contribution in [0.3, 0.4) is 0 Å². The van der Waals surface area contributed by atoms with Crippen molar-refractivity contribution in [3.05, 3.63) is 103 Å². The fourth-order valence-corrected chi connectivity index (χ4v) is 5.56. The maximum absolute atomic E-state index is 13.2. The highest BCUT2D eigenvalue weighted by Crippen LogP contribution is 2.28. The predicted molar refractivity (Wildman–Crippen MR) is 199 cm³/mol. The van der Waals surface area contributed by atoms with Crippen molar-refractivity contribution in [3.8, 4) is 11.1 Å². The van der Waals surface area contributed by atoms with Gasteiger partial charge in [0.2, 0.25) is 0 Å². The second-order valence-electron chi connectivity index (χ2n) is 10.6. The van der Waals surface area contributed by atoms with Crippen molar-refractivity contribution in [1.29, 1.82) is 0 Å². The highest BCUT2D eigenvalue weighted by atomic mass is 32.2. The van der Waals surface area contributed by atoms with Crippen molar-refractivity contribution in [3.63, 3.8) is 0 Å². The number of carbonyl (C=O) groups excluding carboxylic acids is 2. The molecule has 15 heteroatoms. The van der Waals surface area contributed by atoms with Gasteiger partial charge in [0.1, 0.15) is 6.61 Å². The molecule has 0 heterocycles. The fourth-order valence-electron chi connectivity index (χ4n) is 4.27. The number of amides is 2. The normalized spacial score (nSPS) is 11.8. The van der Waals surface area contributed by atoms with Crippen LogP contribution in [0.1, 0.15) is 6.92 Å². The quantitative estimate of drug-likeness (QED) is 0.0478. The van der Waals surface area contributed by atoms with Crippen LogP contribution >= 0.6 is 0 Å². The summed E-state index contributed by atoms with van der Waals surface area (Å²) >= 11 is 0.